The fourth-order valence-corrected chi connectivity index (χ4v) is 6.24. The summed E-state index contributed by atoms with van der Waals surface area (Å²) in [4.78, 5) is 29.0. The van der Waals surface area contributed by atoms with Gasteiger partial charge in [-0.15, -0.1) is 0 Å². The Morgan fingerprint density at radius 2 is 1.81 bits per heavy atom. The number of benzene rings is 2. The fraction of sp³-hybridized carbons (Fsp3) is 0.500. The minimum absolute atomic E-state index is 0.0332. The Morgan fingerprint density at radius 1 is 1.03 bits per heavy atom. The molecule has 1 saturated carbocycles. The van der Waals surface area contributed by atoms with E-state index in [1.165, 1.54) is 5.56 Å². The van der Waals surface area contributed by atoms with Gasteiger partial charge >= 0.3 is 6.03 Å². The predicted octanol–water partition coefficient (Wildman–Crippen LogP) is 4.41. The van der Waals surface area contributed by atoms with Gasteiger partial charge in [-0.25, -0.2) is 4.79 Å². The maximum Gasteiger partial charge on any atom is 0.319 e. The van der Waals surface area contributed by atoms with Gasteiger partial charge in [0.1, 0.15) is 5.75 Å². The number of nitrogens with zero attached hydrogens (tertiary/aromatic N) is 1. The second kappa shape index (κ2) is 10.8. The van der Waals surface area contributed by atoms with Crippen LogP contribution in [0.25, 0.3) is 0 Å². The highest BCUT2D eigenvalue weighted by Gasteiger charge is 2.48. The zero-order valence-corrected chi connectivity index (χ0v) is 21.0. The van der Waals surface area contributed by atoms with Crippen molar-refractivity contribution in [3.63, 3.8) is 0 Å². The third-order valence-corrected chi connectivity index (χ3v) is 7.96. The number of anilines is 2. The number of hydrogen-bond acceptors (Lipinski definition) is 5. The number of urea groups is 1. The van der Waals surface area contributed by atoms with E-state index in [-0.39, 0.29) is 36.0 Å². The lowest BCUT2D eigenvalue weighted by molar-refractivity contribution is -0.138. The van der Waals surface area contributed by atoms with Gasteiger partial charge in [0.05, 0.1) is 31.7 Å². The molecule has 0 aromatic heterocycles. The zero-order chi connectivity index (χ0) is 25.1. The van der Waals surface area contributed by atoms with Crippen molar-refractivity contribution in [1.29, 1.82) is 0 Å². The van der Waals surface area contributed by atoms with Gasteiger partial charge in [-0.05, 0) is 55.2 Å². The van der Waals surface area contributed by atoms with Crippen LogP contribution in [0.2, 0.25) is 0 Å². The molecule has 36 heavy (non-hydrogen) atoms. The summed E-state index contributed by atoms with van der Waals surface area (Å²) in [5.74, 6) is 0.971. The minimum Gasteiger partial charge on any atom is -0.497 e. The first-order chi connectivity index (χ1) is 17.6. The van der Waals surface area contributed by atoms with Gasteiger partial charge < -0.3 is 30.3 Å². The van der Waals surface area contributed by atoms with Crippen molar-refractivity contribution in [1.82, 2.24) is 10.2 Å². The monoisotopic (exact) mass is 492 g/mol. The van der Waals surface area contributed by atoms with Crippen molar-refractivity contribution in [2.45, 2.75) is 50.2 Å². The minimum atomic E-state index is -0.281. The zero-order valence-electron chi connectivity index (χ0n) is 21.0. The van der Waals surface area contributed by atoms with E-state index in [0.29, 0.717) is 18.2 Å². The first-order valence-corrected chi connectivity index (χ1v) is 13.0. The molecule has 2 fully saturated rings. The number of hydrogen-bond donors (Lipinski definition) is 3. The fourth-order valence-electron chi connectivity index (χ4n) is 6.24. The summed E-state index contributed by atoms with van der Waals surface area (Å²) in [6.07, 6.45) is 4.54. The molecule has 2 heterocycles. The lowest BCUT2D eigenvalue weighted by Gasteiger charge is -2.41. The van der Waals surface area contributed by atoms with Crippen molar-refractivity contribution in [2.75, 3.05) is 38.0 Å². The predicted molar refractivity (Wildman–Crippen MR) is 139 cm³/mol. The Bertz CT molecular complexity index is 1080. The first kappa shape index (κ1) is 24.4. The van der Waals surface area contributed by atoms with E-state index < -0.39 is 0 Å². The number of rotatable bonds is 6. The van der Waals surface area contributed by atoms with E-state index in [2.05, 4.69) is 33.0 Å². The standard InChI is InChI=1S/C28H36N4O4/c1-35-17-25-21-15-16-32(26(21)20-7-3-5-9-23(20)30-25)27(33)22-8-4-6-10-24(22)31-28(34)29-18-11-13-19(36-2)14-12-18/h3,5,7,9,11-14,21-22,24-26,30H,4,6,8,10,15-17H2,1-2H3,(H2,29,31,34)/t21-,22-,24+,25-,26-/m0/s1. The van der Waals surface area contributed by atoms with Crippen molar-refractivity contribution < 1.29 is 19.1 Å². The molecule has 0 unspecified atom stereocenters. The molecule has 192 valence electrons. The van der Waals surface area contributed by atoms with Crippen molar-refractivity contribution >= 4 is 23.3 Å². The van der Waals surface area contributed by atoms with Crippen LogP contribution in [0.5, 0.6) is 5.75 Å². The molecule has 2 aliphatic heterocycles. The van der Waals surface area contributed by atoms with Crippen LogP contribution < -0.4 is 20.7 Å². The Morgan fingerprint density at radius 3 is 2.58 bits per heavy atom. The van der Waals surface area contributed by atoms with E-state index in [4.69, 9.17) is 9.47 Å². The average molecular weight is 493 g/mol. The van der Waals surface area contributed by atoms with Crippen molar-refractivity contribution in [3.05, 3.63) is 54.1 Å². The van der Waals surface area contributed by atoms with Gasteiger partial charge in [-0.1, -0.05) is 31.0 Å². The molecular weight excluding hydrogens is 456 g/mol. The van der Waals surface area contributed by atoms with Gasteiger partial charge in [-0.3, -0.25) is 4.79 Å². The van der Waals surface area contributed by atoms with E-state index in [1.807, 2.05) is 12.1 Å². The molecule has 0 spiro atoms. The van der Waals surface area contributed by atoms with Crippen LogP contribution in [-0.4, -0.2) is 56.3 Å². The van der Waals surface area contributed by atoms with Crippen LogP contribution in [0, 0.1) is 11.8 Å². The number of ether oxygens (including phenoxy) is 2. The lowest BCUT2D eigenvalue weighted by Crippen LogP contribution is -2.51. The maximum atomic E-state index is 14.0. The molecule has 5 rings (SSSR count). The lowest BCUT2D eigenvalue weighted by atomic mass is 9.81. The largest absolute Gasteiger partial charge is 0.497 e. The normalized spacial score (nSPS) is 26.8. The number of carbonyl (C=O) groups excluding carboxylic acids is 2. The molecular formula is C28H36N4O4. The second-order valence-electron chi connectivity index (χ2n) is 10.0. The van der Waals surface area contributed by atoms with Crippen LogP contribution in [-0.2, 0) is 9.53 Å². The molecule has 3 aliphatic rings. The summed E-state index contributed by atoms with van der Waals surface area (Å²) in [5, 5.41) is 9.64. The van der Waals surface area contributed by atoms with E-state index in [0.717, 1.165) is 50.1 Å². The molecule has 3 amide bonds. The highest BCUT2D eigenvalue weighted by atomic mass is 16.5. The molecule has 0 radical (unpaired) electrons. The van der Waals surface area contributed by atoms with Crippen molar-refractivity contribution in [3.8, 4) is 5.75 Å². The SMILES string of the molecule is COC[C@@H]1Nc2ccccc2[C@H]2[C@H]1CCN2C(=O)[C@H]1CCCC[C@H]1NC(=O)Nc1ccc(OC)cc1. The number of nitrogens with one attached hydrogen (secondary N) is 3. The quantitative estimate of drug-likeness (QED) is 0.556. The number of fused-ring (bicyclic) bond motifs is 3. The van der Waals surface area contributed by atoms with Crippen LogP contribution in [0.3, 0.4) is 0 Å². The number of carbonyl (C=O) groups is 2. The Balaban J connectivity index is 1.31. The van der Waals surface area contributed by atoms with Gasteiger partial charge in [-0.2, -0.15) is 0 Å². The summed E-state index contributed by atoms with van der Waals surface area (Å²) in [5.41, 5.74) is 2.95. The van der Waals surface area contributed by atoms with Gasteiger partial charge in [0.2, 0.25) is 5.91 Å². The Hall–Kier alpha value is -3.26. The summed E-state index contributed by atoms with van der Waals surface area (Å²) >= 11 is 0. The number of likely N-dealkylation sites (tertiary alicyclic amines) is 1. The molecule has 3 N–H and O–H groups in total. The van der Waals surface area contributed by atoms with E-state index >= 15 is 0 Å². The molecule has 1 aliphatic carbocycles. The van der Waals surface area contributed by atoms with E-state index in [9.17, 15) is 9.59 Å². The molecule has 5 atom stereocenters. The summed E-state index contributed by atoms with van der Waals surface area (Å²) in [6, 6.07) is 15.2. The second-order valence-corrected chi connectivity index (χ2v) is 10.0. The topological polar surface area (TPSA) is 91.9 Å². The van der Waals surface area contributed by atoms with Crippen LogP contribution in [0.15, 0.2) is 48.5 Å². The van der Waals surface area contributed by atoms with Gasteiger partial charge in [0.25, 0.3) is 0 Å². The third kappa shape index (κ3) is 4.87. The summed E-state index contributed by atoms with van der Waals surface area (Å²) < 4.78 is 10.7. The molecule has 1 saturated heterocycles. The molecule has 2 aromatic rings. The third-order valence-electron chi connectivity index (χ3n) is 7.96. The van der Waals surface area contributed by atoms with Crippen molar-refractivity contribution in [2.24, 2.45) is 11.8 Å². The van der Waals surface area contributed by atoms with E-state index in [1.54, 1.807) is 38.5 Å². The average Bonchev–Trinajstić information content (AvgIpc) is 3.35. The first-order valence-electron chi connectivity index (χ1n) is 13.0. The maximum absolute atomic E-state index is 14.0. The Labute approximate surface area is 212 Å². The number of para-hydroxylation sites is 1. The van der Waals surface area contributed by atoms with Crippen LogP contribution in [0.4, 0.5) is 16.2 Å². The molecule has 8 nitrogen and oxygen atoms in total. The van der Waals surface area contributed by atoms with Crippen LogP contribution >= 0.6 is 0 Å². The molecule has 0 bridgehead atoms. The Kier molecular flexibility index (Phi) is 7.32. The molecule has 2 aromatic carbocycles. The van der Waals surface area contributed by atoms with Crippen LogP contribution in [0.1, 0.15) is 43.7 Å². The van der Waals surface area contributed by atoms with Gasteiger partial charge in [0, 0.05) is 37.0 Å². The number of amides is 3. The highest BCUT2D eigenvalue weighted by Crippen LogP contribution is 2.47. The molecule has 8 heteroatoms. The highest BCUT2D eigenvalue weighted by molar-refractivity contribution is 5.90. The van der Waals surface area contributed by atoms with Gasteiger partial charge in [0.15, 0.2) is 0 Å². The summed E-state index contributed by atoms with van der Waals surface area (Å²) in [6.45, 7) is 1.34. The summed E-state index contributed by atoms with van der Waals surface area (Å²) in [7, 11) is 3.34. The smallest absolute Gasteiger partial charge is 0.319 e. The number of methoxy groups -OCH3 is 2.